The number of hydrogen-bond donors (Lipinski definition) is 3. The molecule has 0 fully saturated rings. The van der Waals surface area contributed by atoms with Gasteiger partial charge in [0.15, 0.2) is 11.7 Å². The fourth-order valence-corrected chi connectivity index (χ4v) is 3.38. The molecule has 1 aromatic carbocycles. The lowest BCUT2D eigenvalue weighted by atomic mass is 9.99. The fourth-order valence-electron chi connectivity index (χ4n) is 3.38. The summed E-state index contributed by atoms with van der Waals surface area (Å²) in [5.41, 5.74) is 3.02. The highest BCUT2D eigenvalue weighted by Gasteiger charge is 2.13. The Balaban J connectivity index is 0.00000300. The van der Waals surface area contributed by atoms with Gasteiger partial charge in [-0.3, -0.25) is 4.99 Å². The molecule has 158 valence electrons. The molecule has 3 aromatic rings. The van der Waals surface area contributed by atoms with E-state index in [9.17, 15) is 4.39 Å². The zero-order chi connectivity index (χ0) is 19.9. The van der Waals surface area contributed by atoms with Crippen molar-refractivity contribution in [2.24, 2.45) is 4.99 Å². The summed E-state index contributed by atoms with van der Waals surface area (Å²) in [6, 6.07) is 6.80. The summed E-state index contributed by atoms with van der Waals surface area (Å²) in [4.78, 5) is 7.41. The number of aromatic nitrogens is 2. The lowest BCUT2D eigenvalue weighted by Crippen LogP contribution is -2.37. The summed E-state index contributed by atoms with van der Waals surface area (Å²) in [6.07, 6.45) is 4.79. The Morgan fingerprint density at radius 1 is 1.24 bits per heavy atom. The van der Waals surface area contributed by atoms with Crippen molar-refractivity contribution in [2.75, 3.05) is 13.6 Å². The van der Waals surface area contributed by atoms with Crippen molar-refractivity contribution >= 4 is 40.8 Å². The molecule has 0 aliphatic rings. The van der Waals surface area contributed by atoms with Crippen LogP contribution in [0.25, 0.3) is 10.9 Å². The Morgan fingerprint density at radius 2 is 2.03 bits per heavy atom. The van der Waals surface area contributed by atoms with Crippen LogP contribution in [0.1, 0.15) is 49.6 Å². The minimum Gasteiger partial charge on any atom is -0.361 e. The molecule has 0 saturated carbocycles. The standard InChI is InChI=1S/C21H28FN5O.HI/c1-4-14(5-2)20-11-17(28-27-20)13-26-21(23-3)24-9-8-15-12-25-19-7-6-16(22)10-18(15)19;/h6-7,10-12,14,25H,4-5,8-9,13H2,1-3H3,(H2,23,24,26);1H. The number of rotatable bonds is 8. The molecule has 2 heterocycles. The molecule has 0 bridgehead atoms. The Kier molecular flexibility index (Phi) is 8.94. The number of aromatic amines is 1. The monoisotopic (exact) mass is 513 g/mol. The van der Waals surface area contributed by atoms with Crippen LogP contribution in [0.2, 0.25) is 0 Å². The number of benzene rings is 1. The van der Waals surface area contributed by atoms with Gasteiger partial charge >= 0.3 is 0 Å². The van der Waals surface area contributed by atoms with Crippen LogP contribution < -0.4 is 10.6 Å². The molecule has 0 amide bonds. The Hall–Kier alpha value is -2.10. The second-order valence-corrected chi connectivity index (χ2v) is 6.84. The maximum absolute atomic E-state index is 13.5. The first-order chi connectivity index (χ1) is 13.6. The number of halogens is 2. The van der Waals surface area contributed by atoms with Gasteiger partial charge in [0.2, 0.25) is 0 Å². The normalized spacial score (nSPS) is 11.7. The van der Waals surface area contributed by atoms with Crippen molar-refractivity contribution in [2.45, 2.75) is 45.6 Å². The van der Waals surface area contributed by atoms with E-state index in [-0.39, 0.29) is 29.8 Å². The van der Waals surface area contributed by atoms with E-state index in [1.807, 2.05) is 12.3 Å². The highest BCUT2D eigenvalue weighted by Crippen LogP contribution is 2.22. The smallest absolute Gasteiger partial charge is 0.191 e. The van der Waals surface area contributed by atoms with Crippen LogP contribution in [-0.4, -0.2) is 29.7 Å². The van der Waals surface area contributed by atoms with Crippen LogP contribution in [0.5, 0.6) is 0 Å². The zero-order valence-electron chi connectivity index (χ0n) is 17.1. The number of guanidine groups is 1. The number of aliphatic imine (C=N–C) groups is 1. The number of H-pyrrole nitrogens is 1. The topological polar surface area (TPSA) is 78.2 Å². The van der Waals surface area contributed by atoms with E-state index in [1.54, 1.807) is 19.2 Å². The zero-order valence-corrected chi connectivity index (χ0v) is 19.4. The van der Waals surface area contributed by atoms with Crippen molar-refractivity contribution in [1.82, 2.24) is 20.8 Å². The van der Waals surface area contributed by atoms with E-state index in [0.29, 0.717) is 25.0 Å². The second kappa shape index (κ2) is 11.2. The predicted molar refractivity (Wildman–Crippen MR) is 125 cm³/mol. The van der Waals surface area contributed by atoms with Gasteiger partial charge in [-0.05, 0) is 43.0 Å². The van der Waals surface area contributed by atoms with E-state index in [1.165, 1.54) is 6.07 Å². The predicted octanol–water partition coefficient (Wildman–Crippen LogP) is 4.72. The molecule has 0 saturated heterocycles. The quantitative estimate of drug-likeness (QED) is 0.231. The van der Waals surface area contributed by atoms with E-state index in [0.717, 1.165) is 47.2 Å². The lowest BCUT2D eigenvalue weighted by Gasteiger charge is -2.10. The van der Waals surface area contributed by atoms with E-state index >= 15 is 0 Å². The molecular formula is C21H29FIN5O. The molecule has 0 atom stereocenters. The van der Waals surface area contributed by atoms with Crippen molar-refractivity contribution in [1.29, 1.82) is 0 Å². The number of hydrogen-bond acceptors (Lipinski definition) is 3. The molecule has 0 spiro atoms. The number of nitrogens with zero attached hydrogens (tertiary/aromatic N) is 2. The molecule has 3 N–H and O–H groups in total. The molecule has 3 rings (SSSR count). The van der Waals surface area contributed by atoms with Gasteiger partial charge in [-0.2, -0.15) is 0 Å². The van der Waals surface area contributed by atoms with Crippen molar-refractivity contribution in [3.8, 4) is 0 Å². The SMILES string of the molecule is CCC(CC)c1cc(CNC(=NC)NCCc2c[nH]c3ccc(F)cc23)on1.I. The van der Waals surface area contributed by atoms with Crippen LogP contribution in [0.3, 0.4) is 0 Å². The molecule has 8 heteroatoms. The van der Waals surface area contributed by atoms with E-state index < -0.39 is 0 Å². The average molecular weight is 513 g/mol. The molecule has 0 radical (unpaired) electrons. The highest BCUT2D eigenvalue weighted by atomic mass is 127. The van der Waals surface area contributed by atoms with Gasteiger partial charge in [0, 0.05) is 42.7 Å². The third-order valence-electron chi connectivity index (χ3n) is 5.05. The summed E-state index contributed by atoms with van der Waals surface area (Å²) in [5.74, 6) is 1.69. The summed E-state index contributed by atoms with van der Waals surface area (Å²) in [7, 11) is 1.73. The molecule has 6 nitrogen and oxygen atoms in total. The largest absolute Gasteiger partial charge is 0.361 e. The van der Waals surface area contributed by atoms with Gasteiger partial charge in [0.25, 0.3) is 0 Å². The van der Waals surface area contributed by atoms with Gasteiger partial charge < -0.3 is 20.1 Å². The molecule has 0 unspecified atom stereocenters. The van der Waals surface area contributed by atoms with Crippen LogP contribution >= 0.6 is 24.0 Å². The third kappa shape index (κ3) is 5.94. The summed E-state index contributed by atoms with van der Waals surface area (Å²) < 4.78 is 18.9. The number of nitrogens with one attached hydrogen (secondary N) is 3. The van der Waals surface area contributed by atoms with Crippen LogP contribution in [0, 0.1) is 5.82 Å². The van der Waals surface area contributed by atoms with Gasteiger partial charge in [0.1, 0.15) is 5.82 Å². The maximum Gasteiger partial charge on any atom is 0.191 e. The fraction of sp³-hybridized carbons (Fsp3) is 0.429. The lowest BCUT2D eigenvalue weighted by molar-refractivity contribution is 0.368. The third-order valence-corrected chi connectivity index (χ3v) is 5.05. The van der Waals surface area contributed by atoms with Crippen molar-refractivity contribution in [3.63, 3.8) is 0 Å². The van der Waals surface area contributed by atoms with E-state index in [2.05, 4.69) is 39.6 Å². The first kappa shape index (κ1) is 23.2. The van der Waals surface area contributed by atoms with Crippen LogP contribution in [-0.2, 0) is 13.0 Å². The van der Waals surface area contributed by atoms with Gasteiger partial charge in [-0.25, -0.2) is 4.39 Å². The summed E-state index contributed by atoms with van der Waals surface area (Å²) in [6.45, 7) is 5.52. The average Bonchev–Trinajstić information content (AvgIpc) is 3.33. The Morgan fingerprint density at radius 3 is 2.76 bits per heavy atom. The maximum atomic E-state index is 13.5. The summed E-state index contributed by atoms with van der Waals surface area (Å²) in [5, 5.41) is 11.6. The molecule has 0 aliphatic carbocycles. The minimum absolute atomic E-state index is 0. The summed E-state index contributed by atoms with van der Waals surface area (Å²) >= 11 is 0. The molecule has 2 aromatic heterocycles. The van der Waals surface area contributed by atoms with Crippen LogP contribution in [0.4, 0.5) is 4.39 Å². The minimum atomic E-state index is -0.224. The van der Waals surface area contributed by atoms with Crippen molar-refractivity contribution in [3.05, 3.63) is 53.3 Å². The first-order valence-corrected chi connectivity index (χ1v) is 9.80. The van der Waals surface area contributed by atoms with Crippen molar-refractivity contribution < 1.29 is 8.91 Å². The van der Waals surface area contributed by atoms with Gasteiger partial charge in [0.05, 0.1) is 12.2 Å². The van der Waals surface area contributed by atoms with Gasteiger partial charge in [-0.15, -0.1) is 24.0 Å². The Labute approximate surface area is 187 Å². The Bertz CT molecular complexity index is 932. The second-order valence-electron chi connectivity index (χ2n) is 6.84. The molecule has 0 aliphatic heterocycles. The first-order valence-electron chi connectivity index (χ1n) is 9.80. The van der Waals surface area contributed by atoms with Crippen LogP contribution in [0.15, 0.2) is 40.0 Å². The highest BCUT2D eigenvalue weighted by molar-refractivity contribution is 14.0. The molecular weight excluding hydrogens is 484 g/mol. The molecule has 29 heavy (non-hydrogen) atoms. The van der Waals surface area contributed by atoms with Gasteiger partial charge in [-0.1, -0.05) is 19.0 Å². The number of fused-ring (bicyclic) bond motifs is 1. The van der Waals surface area contributed by atoms with E-state index in [4.69, 9.17) is 4.52 Å².